The Morgan fingerprint density at radius 1 is 1.21 bits per heavy atom. The topological polar surface area (TPSA) is 99.9 Å². The van der Waals surface area contributed by atoms with Gasteiger partial charge in [0.15, 0.2) is 0 Å². The lowest BCUT2D eigenvalue weighted by Gasteiger charge is -2.36. The summed E-state index contributed by atoms with van der Waals surface area (Å²) in [6.45, 7) is 11.3. The molecule has 2 aromatic rings. The highest BCUT2D eigenvalue weighted by Crippen LogP contribution is 2.35. The second-order valence-corrected chi connectivity index (χ2v) is 8.30. The number of imide groups is 1. The van der Waals surface area contributed by atoms with Gasteiger partial charge >= 0.3 is 0 Å². The number of piperidine rings is 1. The quantitative estimate of drug-likeness (QED) is 0.451. The van der Waals surface area contributed by atoms with Crippen LogP contribution in [0.15, 0.2) is 48.1 Å². The third-order valence-electron chi connectivity index (χ3n) is 6.15. The minimum atomic E-state index is -0.374. The zero-order valence-electron chi connectivity index (χ0n) is 18.7. The molecule has 172 valence electrons. The van der Waals surface area contributed by atoms with Gasteiger partial charge in [0.25, 0.3) is 11.8 Å². The second kappa shape index (κ2) is 9.40. The molecule has 0 bridgehead atoms. The fourth-order valence-corrected chi connectivity index (χ4v) is 4.49. The summed E-state index contributed by atoms with van der Waals surface area (Å²) in [6, 6.07) is 5.28. The predicted octanol–water partition coefficient (Wildman–Crippen LogP) is 2.59. The van der Waals surface area contributed by atoms with E-state index in [-0.39, 0.29) is 30.2 Å². The van der Waals surface area contributed by atoms with E-state index in [1.54, 1.807) is 36.1 Å². The first-order valence-corrected chi connectivity index (χ1v) is 11.0. The highest BCUT2D eigenvalue weighted by Gasteiger charge is 2.40. The lowest BCUT2D eigenvalue weighted by Crippen LogP contribution is -2.45. The van der Waals surface area contributed by atoms with Crippen molar-refractivity contribution in [2.75, 3.05) is 31.1 Å². The van der Waals surface area contributed by atoms with Gasteiger partial charge in [-0.2, -0.15) is 0 Å². The van der Waals surface area contributed by atoms with E-state index in [0.29, 0.717) is 54.4 Å². The highest BCUT2D eigenvalue weighted by molar-refractivity contribution is 6.23. The lowest BCUT2D eigenvalue weighted by atomic mass is 9.94. The van der Waals surface area contributed by atoms with Crippen LogP contribution in [0.3, 0.4) is 0 Å². The van der Waals surface area contributed by atoms with Crippen LogP contribution in [0.2, 0.25) is 0 Å². The summed E-state index contributed by atoms with van der Waals surface area (Å²) < 4.78 is 4.70. The molecule has 1 aromatic heterocycles. The first-order valence-electron chi connectivity index (χ1n) is 11.0. The van der Waals surface area contributed by atoms with Gasteiger partial charge in [0.05, 0.1) is 29.3 Å². The Labute approximate surface area is 192 Å². The minimum Gasteiger partial charge on any atom is -0.370 e. The van der Waals surface area contributed by atoms with E-state index in [1.165, 1.54) is 4.90 Å². The van der Waals surface area contributed by atoms with Crippen LogP contribution in [0.25, 0.3) is 0 Å². The number of aryl methyl sites for hydroxylation is 1. The van der Waals surface area contributed by atoms with Crippen LogP contribution >= 0.6 is 0 Å². The molecular weight excluding hydrogens is 422 g/mol. The fourth-order valence-electron chi connectivity index (χ4n) is 4.49. The van der Waals surface area contributed by atoms with Crippen molar-refractivity contribution >= 4 is 23.4 Å². The van der Waals surface area contributed by atoms with Crippen molar-refractivity contribution < 1.29 is 19.0 Å². The van der Waals surface area contributed by atoms with Crippen LogP contribution in [-0.2, 0) is 11.3 Å². The average Bonchev–Trinajstić information content (AvgIpc) is 3.34. The van der Waals surface area contributed by atoms with E-state index in [4.69, 9.17) is 4.63 Å². The number of anilines is 1. The number of rotatable bonds is 8. The summed E-state index contributed by atoms with van der Waals surface area (Å²) in [5, 5.41) is 7.52. The van der Waals surface area contributed by atoms with Crippen LogP contribution in [0, 0.1) is 12.8 Å². The van der Waals surface area contributed by atoms with Gasteiger partial charge in [0.2, 0.25) is 5.91 Å². The predicted molar refractivity (Wildman–Crippen MR) is 122 cm³/mol. The average molecular weight is 450 g/mol. The van der Waals surface area contributed by atoms with Gasteiger partial charge in [0, 0.05) is 26.2 Å². The van der Waals surface area contributed by atoms with E-state index >= 15 is 0 Å². The smallest absolute Gasteiger partial charge is 0.264 e. The Hall–Kier alpha value is -3.75. The van der Waals surface area contributed by atoms with Crippen molar-refractivity contribution in [1.29, 1.82) is 0 Å². The summed E-state index contributed by atoms with van der Waals surface area (Å²) >= 11 is 0. The molecule has 0 spiro atoms. The summed E-state index contributed by atoms with van der Waals surface area (Å²) in [4.78, 5) is 44.4. The number of carbonyl (C=O) groups is 3. The maximum Gasteiger partial charge on any atom is 0.264 e. The van der Waals surface area contributed by atoms with Gasteiger partial charge < -0.3 is 9.80 Å². The Bertz CT molecular complexity index is 1100. The molecule has 0 saturated carbocycles. The van der Waals surface area contributed by atoms with E-state index in [0.717, 1.165) is 12.8 Å². The molecule has 3 heterocycles. The normalized spacial score (nSPS) is 17.8. The number of amides is 3. The molecule has 0 radical (unpaired) electrons. The van der Waals surface area contributed by atoms with E-state index < -0.39 is 0 Å². The molecule has 0 N–H and O–H groups in total. The molecule has 3 amide bonds. The van der Waals surface area contributed by atoms with Crippen LogP contribution in [0.1, 0.15) is 44.9 Å². The second-order valence-electron chi connectivity index (χ2n) is 8.30. The van der Waals surface area contributed by atoms with Crippen molar-refractivity contribution in [2.24, 2.45) is 5.92 Å². The summed E-state index contributed by atoms with van der Waals surface area (Å²) in [6.07, 6.45) is 4.99. The number of hydrogen-bond donors (Lipinski definition) is 0. The molecule has 9 nitrogen and oxygen atoms in total. The zero-order chi connectivity index (χ0) is 23.5. The summed E-state index contributed by atoms with van der Waals surface area (Å²) in [7, 11) is 0. The van der Waals surface area contributed by atoms with Gasteiger partial charge in [0.1, 0.15) is 11.4 Å². The number of aromatic nitrogens is 2. The van der Waals surface area contributed by atoms with E-state index in [9.17, 15) is 14.4 Å². The highest BCUT2D eigenvalue weighted by atomic mass is 16.6. The molecule has 2 aliphatic heterocycles. The number of benzene rings is 1. The molecule has 0 aliphatic carbocycles. The number of hydrogen-bond acceptors (Lipinski definition) is 7. The summed E-state index contributed by atoms with van der Waals surface area (Å²) in [5.74, 6) is -0.903. The molecule has 9 heteroatoms. The molecule has 1 saturated heterocycles. The molecule has 1 unspecified atom stereocenters. The Morgan fingerprint density at radius 2 is 1.97 bits per heavy atom. The fraction of sp³-hybridized carbons (Fsp3) is 0.375. The Kier molecular flexibility index (Phi) is 6.39. The largest absolute Gasteiger partial charge is 0.370 e. The van der Waals surface area contributed by atoms with Crippen molar-refractivity contribution in [3.05, 3.63) is 66.0 Å². The number of nitrogens with zero attached hydrogens (tertiary/aromatic N) is 5. The van der Waals surface area contributed by atoms with Crippen molar-refractivity contribution in [3.63, 3.8) is 0 Å². The molecule has 1 fully saturated rings. The molecule has 33 heavy (non-hydrogen) atoms. The van der Waals surface area contributed by atoms with E-state index in [2.05, 4.69) is 23.5 Å². The number of fused-ring (bicyclic) bond motifs is 1. The third kappa shape index (κ3) is 4.18. The first-order chi connectivity index (χ1) is 16.0. The number of carbonyl (C=O) groups excluding carboxylic acids is 3. The van der Waals surface area contributed by atoms with Gasteiger partial charge in [-0.25, -0.2) is 4.63 Å². The zero-order valence-corrected chi connectivity index (χ0v) is 18.7. The van der Waals surface area contributed by atoms with Gasteiger partial charge in [-0.1, -0.05) is 28.5 Å². The van der Waals surface area contributed by atoms with Gasteiger partial charge in [-0.3, -0.25) is 19.3 Å². The van der Waals surface area contributed by atoms with Crippen molar-refractivity contribution in [1.82, 2.24) is 20.1 Å². The van der Waals surface area contributed by atoms with Crippen LogP contribution in [0.4, 0.5) is 5.69 Å². The third-order valence-corrected chi connectivity index (χ3v) is 6.15. The molecule has 1 aromatic carbocycles. The maximum absolute atomic E-state index is 13.3. The maximum atomic E-state index is 13.3. The monoisotopic (exact) mass is 449 g/mol. The lowest BCUT2D eigenvalue weighted by molar-refractivity contribution is -0.134. The summed E-state index contributed by atoms with van der Waals surface area (Å²) in [5.41, 5.74) is 2.39. The van der Waals surface area contributed by atoms with E-state index in [1.807, 2.05) is 11.0 Å². The van der Waals surface area contributed by atoms with Crippen LogP contribution in [0.5, 0.6) is 0 Å². The van der Waals surface area contributed by atoms with Crippen LogP contribution in [-0.4, -0.2) is 64.0 Å². The molecule has 4 rings (SSSR count). The Balaban J connectivity index is 1.58. The van der Waals surface area contributed by atoms with Crippen LogP contribution < -0.4 is 4.90 Å². The SMILES string of the molecule is C=CCN(CC=C)C(=O)C1CCCN(c2cccc3c2C(=O)N(Cc2nonc2C)C3=O)C1. The first kappa shape index (κ1) is 22.4. The molecule has 1 atom stereocenters. The van der Waals surface area contributed by atoms with Gasteiger partial charge in [-0.05, 0) is 31.9 Å². The molecule has 2 aliphatic rings. The van der Waals surface area contributed by atoms with Gasteiger partial charge in [-0.15, -0.1) is 13.2 Å². The molecular formula is C24H27N5O4. The van der Waals surface area contributed by atoms with Crippen molar-refractivity contribution in [3.8, 4) is 0 Å². The standard InChI is InChI=1S/C24H27N5O4/c1-4-11-27(12-5-2)22(30)17-8-7-13-28(14-17)20-10-6-9-18-21(20)24(32)29(23(18)31)15-19-16(3)25-33-26-19/h4-6,9-10,17H,1-2,7-8,11-15H2,3H3. The Morgan fingerprint density at radius 3 is 2.64 bits per heavy atom. The minimum absolute atomic E-state index is 0.000295. The van der Waals surface area contributed by atoms with Crippen molar-refractivity contribution in [2.45, 2.75) is 26.3 Å².